The van der Waals surface area contributed by atoms with E-state index in [4.69, 9.17) is 23.2 Å². The van der Waals surface area contributed by atoms with Crippen molar-refractivity contribution in [3.8, 4) is 0 Å². The van der Waals surface area contributed by atoms with Crippen LogP contribution in [0.15, 0.2) is 61.2 Å². The Morgan fingerprint density at radius 1 is 1.04 bits per heavy atom. The summed E-state index contributed by atoms with van der Waals surface area (Å²) in [5.41, 5.74) is -0.0496. The Morgan fingerprint density at radius 3 is 2.35 bits per heavy atom. The van der Waals surface area contributed by atoms with E-state index in [1.807, 2.05) is 12.1 Å². The Bertz CT molecular complexity index is 763. The van der Waals surface area contributed by atoms with Crippen LogP contribution in [0.1, 0.15) is 11.1 Å². The summed E-state index contributed by atoms with van der Waals surface area (Å²) in [6.45, 7) is 0.193. The van der Waals surface area contributed by atoms with Crippen molar-refractivity contribution < 1.29 is 5.11 Å². The molecule has 23 heavy (non-hydrogen) atoms. The number of hydrogen-bond acceptors (Lipinski definition) is 3. The van der Waals surface area contributed by atoms with Gasteiger partial charge in [-0.2, -0.15) is 5.10 Å². The van der Waals surface area contributed by atoms with Gasteiger partial charge in [-0.3, -0.25) is 0 Å². The van der Waals surface area contributed by atoms with E-state index < -0.39 is 5.60 Å². The number of halogens is 3. The van der Waals surface area contributed by atoms with Crippen molar-refractivity contribution >= 4 is 35.6 Å². The van der Waals surface area contributed by atoms with Crippen LogP contribution in [0, 0.1) is 0 Å². The lowest BCUT2D eigenvalue weighted by molar-refractivity contribution is 0.0573. The Hall–Kier alpha value is -1.59. The lowest BCUT2D eigenvalue weighted by Crippen LogP contribution is -2.33. The van der Waals surface area contributed by atoms with Gasteiger partial charge in [-0.15, -0.1) is 12.4 Å². The topological polar surface area (TPSA) is 50.9 Å². The molecule has 1 atom stereocenters. The van der Waals surface area contributed by atoms with Gasteiger partial charge in [0.15, 0.2) is 0 Å². The fraction of sp³-hybridized carbons (Fsp3) is 0.125. The van der Waals surface area contributed by atoms with Crippen LogP contribution in [-0.4, -0.2) is 19.9 Å². The summed E-state index contributed by atoms with van der Waals surface area (Å²) >= 11 is 12.2. The Morgan fingerprint density at radius 2 is 1.74 bits per heavy atom. The van der Waals surface area contributed by atoms with Gasteiger partial charge < -0.3 is 5.11 Å². The third-order valence-corrected chi connectivity index (χ3v) is 4.08. The lowest BCUT2D eigenvalue weighted by atomic mass is 9.86. The summed E-state index contributed by atoms with van der Waals surface area (Å²) in [4.78, 5) is 3.92. The average molecular weight is 371 g/mol. The zero-order valence-corrected chi connectivity index (χ0v) is 14.3. The normalized spacial score (nSPS) is 13.2. The SMILES string of the molecule is Cl.OC(Cn1cncn1)(c1ccc(Cl)cc1)c1ccccc1Cl. The molecule has 3 aromatic rings. The van der Waals surface area contributed by atoms with Crippen LogP contribution in [-0.2, 0) is 12.1 Å². The molecule has 7 heteroatoms. The number of rotatable bonds is 4. The van der Waals surface area contributed by atoms with Crippen LogP contribution in [0.5, 0.6) is 0 Å². The van der Waals surface area contributed by atoms with Crippen LogP contribution in [0.4, 0.5) is 0 Å². The first-order valence-corrected chi connectivity index (χ1v) is 7.41. The Balaban J connectivity index is 0.00000192. The van der Waals surface area contributed by atoms with E-state index >= 15 is 0 Å². The van der Waals surface area contributed by atoms with Crippen molar-refractivity contribution in [2.45, 2.75) is 12.1 Å². The summed E-state index contributed by atoms with van der Waals surface area (Å²) in [5, 5.41) is 16.5. The average Bonchev–Trinajstić information content (AvgIpc) is 3.01. The van der Waals surface area contributed by atoms with Crippen molar-refractivity contribution in [3.63, 3.8) is 0 Å². The molecule has 0 saturated carbocycles. The van der Waals surface area contributed by atoms with Gasteiger partial charge in [0.05, 0.1) is 6.54 Å². The van der Waals surface area contributed by atoms with E-state index in [1.165, 1.54) is 6.33 Å². The van der Waals surface area contributed by atoms with E-state index in [1.54, 1.807) is 47.4 Å². The molecule has 0 fully saturated rings. The first-order valence-electron chi connectivity index (χ1n) is 6.65. The van der Waals surface area contributed by atoms with Crippen LogP contribution in [0.2, 0.25) is 10.0 Å². The van der Waals surface area contributed by atoms with Crippen molar-refractivity contribution in [2.75, 3.05) is 0 Å². The smallest absolute Gasteiger partial charge is 0.137 e. The van der Waals surface area contributed by atoms with Crippen LogP contribution < -0.4 is 0 Å². The number of aromatic nitrogens is 3. The van der Waals surface area contributed by atoms with Crippen LogP contribution in [0.25, 0.3) is 0 Å². The molecule has 0 aliphatic heterocycles. The van der Waals surface area contributed by atoms with Crippen LogP contribution >= 0.6 is 35.6 Å². The lowest BCUT2D eigenvalue weighted by Gasteiger charge is -2.30. The second kappa shape index (κ2) is 7.32. The maximum atomic E-state index is 11.4. The fourth-order valence-electron chi connectivity index (χ4n) is 2.40. The van der Waals surface area contributed by atoms with Crippen molar-refractivity contribution in [1.82, 2.24) is 14.8 Å². The second-order valence-corrected chi connectivity index (χ2v) is 5.78. The quantitative estimate of drug-likeness (QED) is 0.756. The third kappa shape index (κ3) is 3.67. The van der Waals surface area contributed by atoms with Gasteiger partial charge in [-0.05, 0) is 23.8 Å². The number of benzene rings is 2. The number of nitrogens with zero attached hydrogens (tertiary/aromatic N) is 3. The Kier molecular flexibility index (Phi) is 5.65. The highest BCUT2D eigenvalue weighted by Crippen LogP contribution is 2.36. The maximum Gasteiger partial charge on any atom is 0.137 e. The predicted molar refractivity (Wildman–Crippen MR) is 93.2 cm³/mol. The van der Waals surface area contributed by atoms with Gasteiger partial charge in [-0.1, -0.05) is 53.5 Å². The zero-order valence-electron chi connectivity index (χ0n) is 11.9. The van der Waals surface area contributed by atoms with E-state index in [9.17, 15) is 5.11 Å². The summed E-state index contributed by atoms with van der Waals surface area (Å²) in [5.74, 6) is 0. The summed E-state index contributed by atoms with van der Waals surface area (Å²) in [6.07, 6.45) is 2.98. The van der Waals surface area contributed by atoms with Gasteiger partial charge in [0.1, 0.15) is 18.3 Å². The molecule has 0 aliphatic rings. The molecule has 1 heterocycles. The molecular formula is C16H14Cl3N3O. The van der Waals surface area contributed by atoms with E-state index in [0.717, 1.165) is 0 Å². The first kappa shape index (κ1) is 17.8. The van der Waals surface area contributed by atoms with E-state index in [-0.39, 0.29) is 19.0 Å². The molecule has 3 rings (SSSR count). The molecular weight excluding hydrogens is 357 g/mol. The monoisotopic (exact) mass is 369 g/mol. The number of hydrogen-bond donors (Lipinski definition) is 1. The second-order valence-electron chi connectivity index (χ2n) is 4.94. The molecule has 0 radical (unpaired) electrons. The molecule has 1 aromatic heterocycles. The van der Waals surface area contributed by atoms with Crippen molar-refractivity contribution in [1.29, 1.82) is 0 Å². The largest absolute Gasteiger partial charge is 0.378 e. The zero-order chi connectivity index (χ0) is 15.6. The molecule has 120 valence electrons. The van der Waals surface area contributed by atoms with E-state index in [2.05, 4.69) is 10.1 Å². The van der Waals surface area contributed by atoms with Crippen molar-refractivity contribution in [3.05, 3.63) is 82.4 Å². The maximum absolute atomic E-state index is 11.4. The Labute approximate surface area is 150 Å². The molecule has 4 nitrogen and oxygen atoms in total. The van der Waals surface area contributed by atoms with E-state index in [0.29, 0.717) is 21.2 Å². The molecule has 1 N–H and O–H groups in total. The molecule has 0 saturated heterocycles. The minimum absolute atomic E-state index is 0. The molecule has 1 unspecified atom stereocenters. The highest BCUT2D eigenvalue weighted by molar-refractivity contribution is 6.31. The molecule has 0 bridgehead atoms. The van der Waals surface area contributed by atoms with Crippen LogP contribution in [0.3, 0.4) is 0 Å². The van der Waals surface area contributed by atoms with Gasteiger partial charge in [0.25, 0.3) is 0 Å². The van der Waals surface area contributed by atoms with Gasteiger partial charge >= 0.3 is 0 Å². The standard InChI is InChI=1S/C16H13Cl2N3O.ClH/c17-13-7-5-12(6-8-13)16(22,9-21-11-19-10-20-21)14-3-1-2-4-15(14)18;/h1-8,10-11,22H,9H2;1H. The fourth-order valence-corrected chi connectivity index (χ4v) is 2.82. The molecule has 0 aliphatic carbocycles. The highest BCUT2D eigenvalue weighted by Gasteiger charge is 2.34. The third-order valence-electron chi connectivity index (χ3n) is 3.50. The molecule has 0 spiro atoms. The van der Waals surface area contributed by atoms with Crippen molar-refractivity contribution in [2.24, 2.45) is 0 Å². The summed E-state index contributed by atoms with van der Waals surface area (Å²) in [6, 6.07) is 14.2. The first-order chi connectivity index (χ1) is 10.6. The summed E-state index contributed by atoms with van der Waals surface area (Å²) < 4.78 is 1.57. The number of aliphatic hydroxyl groups is 1. The van der Waals surface area contributed by atoms with Gasteiger partial charge in [-0.25, -0.2) is 9.67 Å². The minimum atomic E-state index is -1.34. The highest BCUT2D eigenvalue weighted by atomic mass is 35.5. The molecule has 2 aromatic carbocycles. The predicted octanol–water partition coefficient (Wildman–Crippen LogP) is 3.94. The summed E-state index contributed by atoms with van der Waals surface area (Å²) in [7, 11) is 0. The van der Waals surface area contributed by atoms with Gasteiger partial charge in [0.2, 0.25) is 0 Å². The molecule has 0 amide bonds. The van der Waals surface area contributed by atoms with Gasteiger partial charge in [0, 0.05) is 15.6 Å². The minimum Gasteiger partial charge on any atom is -0.378 e.